The van der Waals surface area contributed by atoms with Crippen molar-refractivity contribution in [2.24, 2.45) is 0 Å². The highest BCUT2D eigenvalue weighted by molar-refractivity contribution is 7.22. The third kappa shape index (κ3) is 2.91. The molecule has 4 rings (SSSR count). The summed E-state index contributed by atoms with van der Waals surface area (Å²) in [6, 6.07) is 12.7. The lowest BCUT2D eigenvalue weighted by Crippen LogP contribution is -2.20. The first-order valence-corrected chi connectivity index (χ1v) is 7.93. The number of aromatic nitrogens is 1. The Morgan fingerprint density at radius 3 is 2.74 bits per heavy atom. The molecule has 2 aromatic carbocycles. The summed E-state index contributed by atoms with van der Waals surface area (Å²) in [4.78, 5) is 16.5. The number of amides is 2. The van der Waals surface area contributed by atoms with Crippen LogP contribution in [0.5, 0.6) is 11.5 Å². The number of fused-ring (bicyclic) bond motifs is 2. The van der Waals surface area contributed by atoms with E-state index in [4.69, 9.17) is 9.47 Å². The molecule has 0 radical (unpaired) electrons. The number of hydrogen-bond acceptors (Lipinski definition) is 5. The Bertz CT molecular complexity index is 845. The van der Waals surface area contributed by atoms with Gasteiger partial charge < -0.3 is 14.8 Å². The molecule has 6 nitrogen and oxygen atoms in total. The van der Waals surface area contributed by atoms with Crippen LogP contribution in [0, 0.1) is 0 Å². The fourth-order valence-electron chi connectivity index (χ4n) is 2.31. The molecule has 23 heavy (non-hydrogen) atoms. The molecule has 2 heterocycles. The predicted octanol–water partition coefficient (Wildman–Crippen LogP) is 3.71. The van der Waals surface area contributed by atoms with Gasteiger partial charge >= 0.3 is 6.03 Å². The van der Waals surface area contributed by atoms with Crippen molar-refractivity contribution in [1.82, 2.24) is 4.98 Å². The van der Waals surface area contributed by atoms with Crippen molar-refractivity contribution in [1.29, 1.82) is 0 Å². The van der Waals surface area contributed by atoms with E-state index in [-0.39, 0.29) is 6.03 Å². The molecule has 3 aromatic rings. The van der Waals surface area contributed by atoms with Crippen LogP contribution < -0.4 is 20.1 Å². The van der Waals surface area contributed by atoms with Crippen LogP contribution >= 0.6 is 11.3 Å². The zero-order valence-electron chi connectivity index (χ0n) is 12.0. The fourth-order valence-corrected chi connectivity index (χ4v) is 3.17. The normalized spacial score (nSPS) is 12.9. The molecule has 7 heteroatoms. The van der Waals surface area contributed by atoms with Crippen molar-refractivity contribution in [2.45, 2.75) is 0 Å². The van der Waals surface area contributed by atoms with E-state index in [2.05, 4.69) is 15.6 Å². The molecule has 2 amide bonds. The van der Waals surface area contributed by atoms with Gasteiger partial charge in [-0.1, -0.05) is 23.5 Å². The second-order valence-corrected chi connectivity index (χ2v) is 5.95. The van der Waals surface area contributed by atoms with E-state index in [1.807, 2.05) is 24.3 Å². The Kier molecular flexibility index (Phi) is 3.47. The van der Waals surface area contributed by atoms with Gasteiger partial charge in [0, 0.05) is 11.8 Å². The van der Waals surface area contributed by atoms with Crippen LogP contribution in [0.15, 0.2) is 42.5 Å². The highest BCUT2D eigenvalue weighted by Gasteiger charge is 2.13. The van der Waals surface area contributed by atoms with Crippen LogP contribution in [0.4, 0.5) is 15.6 Å². The summed E-state index contributed by atoms with van der Waals surface area (Å²) >= 11 is 1.43. The van der Waals surface area contributed by atoms with Crippen molar-refractivity contribution >= 4 is 38.4 Å². The predicted molar refractivity (Wildman–Crippen MR) is 89.7 cm³/mol. The number of carbonyl (C=O) groups excluding carboxylic acids is 1. The van der Waals surface area contributed by atoms with Gasteiger partial charge in [0.05, 0.1) is 10.2 Å². The minimum absolute atomic E-state index is 0.347. The number of rotatable bonds is 2. The molecule has 0 atom stereocenters. The SMILES string of the molecule is O=C(Nc1ccc2c(c1)OCCO2)Nc1nc2ccccc2s1. The summed E-state index contributed by atoms with van der Waals surface area (Å²) in [5, 5.41) is 6.07. The molecule has 0 bridgehead atoms. The maximum absolute atomic E-state index is 12.1. The molecule has 0 fully saturated rings. The molecule has 1 aliphatic heterocycles. The van der Waals surface area contributed by atoms with Crippen molar-refractivity contribution in [2.75, 3.05) is 23.8 Å². The molecule has 116 valence electrons. The van der Waals surface area contributed by atoms with Crippen molar-refractivity contribution in [3.63, 3.8) is 0 Å². The van der Waals surface area contributed by atoms with E-state index in [1.165, 1.54) is 11.3 Å². The molecule has 2 N–H and O–H groups in total. The zero-order chi connectivity index (χ0) is 15.6. The molecule has 0 saturated heterocycles. The van der Waals surface area contributed by atoms with Gasteiger partial charge in [0.1, 0.15) is 13.2 Å². The minimum Gasteiger partial charge on any atom is -0.486 e. The van der Waals surface area contributed by atoms with E-state index >= 15 is 0 Å². The number of para-hydroxylation sites is 1. The van der Waals surface area contributed by atoms with Crippen molar-refractivity contribution < 1.29 is 14.3 Å². The molecule has 0 unspecified atom stereocenters. The second kappa shape index (κ2) is 5.77. The van der Waals surface area contributed by atoms with Crippen LogP contribution in [0.2, 0.25) is 0 Å². The quantitative estimate of drug-likeness (QED) is 0.752. The number of anilines is 2. The summed E-state index contributed by atoms with van der Waals surface area (Å²) < 4.78 is 12.0. The Morgan fingerprint density at radius 2 is 1.87 bits per heavy atom. The first-order chi connectivity index (χ1) is 11.3. The monoisotopic (exact) mass is 327 g/mol. The van der Waals surface area contributed by atoms with E-state index in [0.29, 0.717) is 35.5 Å². The Morgan fingerprint density at radius 1 is 1.04 bits per heavy atom. The van der Waals surface area contributed by atoms with Crippen LogP contribution in [0.1, 0.15) is 0 Å². The highest BCUT2D eigenvalue weighted by atomic mass is 32.1. The van der Waals surface area contributed by atoms with Crippen LogP contribution in [-0.4, -0.2) is 24.2 Å². The summed E-state index contributed by atoms with van der Waals surface area (Å²) in [5.41, 5.74) is 1.50. The lowest BCUT2D eigenvalue weighted by molar-refractivity contribution is 0.171. The Balaban J connectivity index is 1.47. The van der Waals surface area contributed by atoms with E-state index in [0.717, 1.165) is 10.2 Å². The number of nitrogens with zero attached hydrogens (tertiary/aromatic N) is 1. The lowest BCUT2D eigenvalue weighted by Gasteiger charge is -2.18. The third-order valence-electron chi connectivity index (χ3n) is 3.31. The minimum atomic E-state index is -0.347. The smallest absolute Gasteiger partial charge is 0.325 e. The molecular formula is C16H13N3O3S. The second-order valence-electron chi connectivity index (χ2n) is 4.92. The maximum Gasteiger partial charge on any atom is 0.325 e. The summed E-state index contributed by atoms with van der Waals surface area (Å²) in [6.07, 6.45) is 0. The standard InChI is InChI=1S/C16H13N3O3S/c20-15(19-16-18-11-3-1-2-4-14(11)23-16)17-10-5-6-12-13(9-10)22-8-7-21-12/h1-6,9H,7-8H2,(H2,17,18,19,20). The van der Waals surface area contributed by atoms with Gasteiger partial charge in [0.2, 0.25) is 0 Å². The number of nitrogens with one attached hydrogen (secondary N) is 2. The van der Waals surface area contributed by atoms with Crippen molar-refractivity contribution in [3.8, 4) is 11.5 Å². The first-order valence-electron chi connectivity index (χ1n) is 7.11. The molecule has 1 aliphatic rings. The molecular weight excluding hydrogens is 314 g/mol. The van der Waals surface area contributed by atoms with Crippen LogP contribution in [-0.2, 0) is 0 Å². The number of urea groups is 1. The van der Waals surface area contributed by atoms with Gasteiger partial charge in [-0.05, 0) is 24.3 Å². The van der Waals surface area contributed by atoms with Crippen LogP contribution in [0.25, 0.3) is 10.2 Å². The number of carbonyl (C=O) groups is 1. The summed E-state index contributed by atoms with van der Waals surface area (Å²) in [5.74, 6) is 1.32. The van der Waals surface area contributed by atoms with Gasteiger partial charge in [-0.3, -0.25) is 5.32 Å². The first kappa shape index (κ1) is 13.8. The van der Waals surface area contributed by atoms with Crippen LogP contribution in [0.3, 0.4) is 0 Å². The third-order valence-corrected chi connectivity index (χ3v) is 4.27. The zero-order valence-corrected chi connectivity index (χ0v) is 12.9. The summed E-state index contributed by atoms with van der Waals surface area (Å²) in [6.45, 7) is 1.05. The van der Waals surface area contributed by atoms with Gasteiger partial charge in [0.15, 0.2) is 16.6 Å². The molecule has 0 spiro atoms. The summed E-state index contributed by atoms with van der Waals surface area (Å²) in [7, 11) is 0. The number of thiazole rings is 1. The highest BCUT2D eigenvalue weighted by Crippen LogP contribution is 2.32. The number of benzene rings is 2. The topological polar surface area (TPSA) is 72.5 Å². The van der Waals surface area contributed by atoms with E-state index < -0.39 is 0 Å². The van der Waals surface area contributed by atoms with Gasteiger partial charge in [-0.2, -0.15) is 0 Å². The van der Waals surface area contributed by atoms with E-state index in [1.54, 1.807) is 18.2 Å². The van der Waals surface area contributed by atoms with Crippen molar-refractivity contribution in [3.05, 3.63) is 42.5 Å². The maximum atomic E-state index is 12.1. The largest absolute Gasteiger partial charge is 0.486 e. The average molecular weight is 327 g/mol. The molecule has 0 saturated carbocycles. The fraction of sp³-hybridized carbons (Fsp3) is 0.125. The van der Waals surface area contributed by atoms with E-state index in [9.17, 15) is 4.79 Å². The van der Waals surface area contributed by atoms with Gasteiger partial charge in [-0.15, -0.1) is 0 Å². The molecule has 1 aromatic heterocycles. The van der Waals surface area contributed by atoms with Gasteiger partial charge in [0.25, 0.3) is 0 Å². The number of hydrogen-bond donors (Lipinski definition) is 2. The van der Waals surface area contributed by atoms with Gasteiger partial charge in [-0.25, -0.2) is 9.78 Å². The molecule has 0 aliphatic carbocycles. The average Bonchev–Trinajstić information content (AvgIpc) is 2.96. The Hall–Kier alpha value is -2.80. The number of ether oxygens (including phenoxy) is 2. The Labute approximate surface area is 136 Å². The lowest BCUT2D eigenvalue weighted by atomic mass is 10.2.